The first kappa shape index (κ1) is 20.7. The second kappa shape index (κ2) is 7.30. The Morgan fingerprint density at radius 2 is 1.79 bits per heavy atom. The van der Waals surface area contributed by atoms with Crippen LogP contribution >= 0.6 is 0 Å². The van der Waals surface area contributed by atoms with Gasteiger partial charge in [0.05, 0.1) is 13.2 Å². The molecule has 1 saturated heterocycles. The molecule has 29 heavy (non-hydrogen) atoms. The molecule has 0 N–H and O–H groups in total. The molecule has 0 radical (unpaired) electrons. The molecule has 0 aromatic heterocycles. The fraction of sp³-hybridized carbons (Fsp3) is 0.720. The normalized spacial score (nSPS) is 33.2. The van der Waals surface area contributed by atoms with Gasteiger partial charge in [0.1, 0.15) is 5.75 Å². The monoisotopic (exact) mass is 399 g/mol. The zero-order valence-electron chi connectivity index (χ0n) is 19.0. The molecule has 1 aromatic carbocycles. The SMILES string of the molecule is COc1cc2c(cc1C)CC1N(C(=O)C3CCC(OC)CC3)CC[C@]2(C)C1(C)C. The summed E-state index contributed by atoms with van der Waals surface area (Å²) in [4.78, 5) is 15.8. The highest BCUT2D eigenvalue weighted by atomic mass is 16.5. The van der Waals surface area contributed by atoms with Crippen molar-refractivity contribution < 1.29 is 14.3 Å². The molecule has 2 aliphatic carbocycles. The van der Waals surface area contributed by atoms with Crippen LogP contribution < -0.4 is 4.74 Å². The number of amides is 1. The Hall–Kier alpha value is -1.55. The van der Waals surface area contributed by atoms with Crippen LogP contribution in [0.25, 0.3) is 0 Å². The number of hydrogen-bond donors (Lipinski definition) is 0. The zero-order chi connectivity index (χ0) is 21.0. The number of hydrogen-bond acceptors (Lipinski definition) is 3. The van der Waals surface area contributed by atoms with Crippen molar-refractivity contribution in [2.75, 3.05) is 20.8 Å². The van der Waals surface area contributed by atoms with Gasteiger partial charge in [-0.25, -0.2) is 0 Å². The van der Waals surface area contributed by atoms with Gasteiger partial charge < -0.3 is 14.4 Å². The molecule has 0 spiro atoms. The maximum atomic E-state index is 13.6. The molecule has 4 rings (SSSR count). The average Bonchev–Trinajstić information content (AvgIpc) is 2.70. The Morgan fingerprint density at radius 1 is 1.10 bits per heavy atom. The summed E-state index contributed by atoms with van der Waals surface area (Å²) in [5.41, 5.74) is 4.09. The summed E-state index contributed by atoms with van der Waals surface area (Å²) in [7, 11) is 3.55. The van der Waals surface area contributed by atoms with E-state index in [4.69, 9.17) is 9.47 Å². The van der Waals surface area contributed by atoms with Gasteiger partial charge in [-0.15, -0.1) is 0 Å². The Bertz CT molecular complexity index is 794. The third kappa shape index (κ3) is 3.10. The summed E-state index contributed by atoms with van der Waals surface area (Å²) in [6.07, 6.45) is 6.23. The largest absolute Gasteiger partial charge is 0.496 e. The number of piperidine rings is 1. The molecular weight excluding hydrogens is 362 g/mol. The smallest absolute Gasteiger partial charge is 0.225 e. The predicted octanol–water partition coefficient (Wildman–Crippen LogP) is 4.65. The molecule has 2 bridgehead atoms. The van der Waals surface area contributed by atoms with E-state index >= 15 is 0 Å². The molecule has 1 aliphatic heterocycles. The summed E-state index contributed by atoms with van der Waals surface area (Å²) in [5.74, 6) is 1.53. The summed E-state index contributed by atoms with van der Waals surface area (Å²) in [6, 6.07) is 4.83. The maximum Gasteiger partial charge on any atom is 0.225 e. The minimum Gasteiger partial charge on any atom is -0.496 e. The third-order valence-corrected chi connectivity index (χ3v) is 8.75. The van der Waals surface area contributed by atoms with Crippen LogP contribution in [0, 0.1) is 18.3 Å². The first-order valence-electron chi connectivity index (χ1n) is 11.2. The van der Waals surface area contributed by atoms with Crippen LogP contribution in [0.2, 0.25) is 0 Å². The van der Waals surface area contributed by atoms with Crippen LogP contribution in [0.15, 0.2) is 12.1 Å². The molecular formula is C25H37NO3. The molecule has 160 valence electrons. The number of benzene rings is 1. The fourth-order valence-electron chi connectivity index (χ4n) is 6.33. The maximum absolute atomic E-state index is 13.6. The van der Waals surface area contributed by atoms with Gasteiger partial charge in [-0.2, -0.15) is 0 Å². The number of carbonyl (C=O) groups excluding carboxylic acids is 1. The molecule has 1 unspecified atom stereocenters. The van der Waals surface area contributed by atoms with Gasteiger partial charge in [0.2, 0.25) is 5.91 Å². The second-order valence-corrected chi connectivity index (χ2v) is 10.2. The van der Waals surface area contributed by atoms with Crippen molar-refractivity contribution in [3.8, 4) is 5.75 Å². The van der Waals surface area contributed by atoms with Gasteiger partial charge in [-0.1, -0.05) is 26.8 Å². The highest BCUT2D eigenvalue weighted by molar-refractivity contribution is 5.80. The average molecular weight is 400 g/mol. The van der Waals surface area contributed by atoms with E-state index in [-0.39, 0.29) is 22.8 Å². The fourth-order valence-corrected chi connectivity index (χ4v) is 6.33. The van der Waals surface area contributed by atoms with Gasteiger partial charge in [0.15, 0.2) is 0 Å². The van der Waals surface area contributed by atoms with Crippen LogP contribution in [0.1, 0.15) is 69.6 Å². The molecule has 4 heteroatoms. The number of methoxy groups -OCH3 is 2. The molecule has 2 atom stereocenters. The Labute approximate surface area is 175 Å². The minimum absolute atomic E-state index is 0.0257. The van der Waals surface area contributed by atoms with E-state index in [2.05, 4.69) is 44.7 Å². The Kier molecular flexibility index (Phi) is 5.21. The van der Waals surface area contributed by atoms with Crippen molar-refractivity contribution in [3.63, 3.8) is 0 Å². The van der Waals surface area contributed by atoms with Gasteiger partial charge in [0.25, 0.3) is 0 Å². The molecule has 3 aliphatic rings. The topological polar surface area (TPSA) is 38.8 Å². The van der Waals surface area contributed by atoms with Crippen molar-refractivity contribution in [2.24, 2.45) is 11.3 Å². The van der Waals surface area contributed by atoms with Crippen molar-refractivity contribution in [2.45, 2.75) is 83.8 Å². The van der Waals surface area contributed by atoms with Gasteiger partial charge in [0, 0.05) is 31.0 Å². The minimum atomic E-state index is 0.0257. The Balaban J connectivity index is 1.65. The van der Waals surface area contributed by atoms with E-state index < -0.39 is 0 Å². The van der Waals surface area contributed by atoms with E-state index in [1.54, 1.807) is 14.2 Å². The number of nitrogens with zero attached hydrogens (tertiary/aromatic N) is 1. The van der Waals surface area contributed by atoms with E-state index in [9.17, 15) is 4.79 Å². The van der Waals surface area contributed by atoms with E-state index in [1.165, 1.54) is 16.7 Å². The number of likely N-dealkylation sites (tertiary alicyclic amines) is 1. The number of ether oxygens (including phenoxy) is 2. The van der Waals surface area contributed by atoms with Gasteiger partial charge in [-0.05, 0) is 73.6 Å². The lowest BCUT2D eigenvalue weighted by Crippen LogP contribution is -2.65. The molecule has 1 heterocycles. The first-order chi connectivity index (χ1) is 13.7. The lowest BCUT2D eigenvalue weighted by Gasteiger charge is -2.61. The number of carbonyl (C=O) groups is 1. The number of aryl methyl sites for hydroxylation is 1. The van der Waals surface area contributed by atoms with Crippen LogP contribution in [-0.2, 0) is 21.4 Å². The van der Waals surface area contributed by atoms with E-state index in [0.29, 0.717) is 12.0 Å². The summed E-state index contributed by atoms with van der Waals surface area (Å²) < 4.78 is 11.2. The van der Waals surface area contributed by atoms with Gasteiger partial charge >= 0.3 is 0 Å². The molecule has 4 nitrogen and oxygen atoms in total. The molecule has 1 amide bonds. The lowest BCUT2D eigenvalue weighted by atomic mass is 9.50. The van der Waals surface area contributed by atoms with Crippen molar-refractivity contribution in [3.05, 3.63) is 28.8 Å². The zero-order valence-corrected chi connectivity index (χ0v) is 19.0. The summed E-state index contributed by atoms with van der Waals surface area (Å²) >= 11 is 0. The van der Waals surface area contributed by atoms with Crippen molar-refractivity contribution >= 4 is 5.91 Å². The molecule has 2 fully saturated rings. The number of rotatable bonds is 3. The quantitative estimate of drug-likeness (QED) is 0.743. The van der Waals surface area contributed by atoms with Crippen LogP contribution in [-0.4, -0.2) is 43.7 Å². The van der Waals surface area contributed by atoms with Crippen molar-refractivity contribution in [1.29, 1.82) is 0 Å². The highest BCUT2D eigenvalue weighted by Gasteiger charge is 2.57. The Morgan fingerprint density at radius 3 is 2.41 bits per heavy atom. The lowest BCUT2D eigenvalue weighted by molar-refractivity contribution is -0.150. The highest BCUT2D eigenvalue weighted by Crippen LogP contribution is 2.57. The predicted molar refractivity (Wildman–Crippen MR) is 115 cm³/mol. The van der Waals surface area contributed by atoms with Crippen molar-refractivity contribution in [1.82, 2.24) is 4.90 Å². The molecule has 1 saturated carbocycles. The van der Waals surface area contributed by atoms with Crippen LogP contribution in [0.4, 0.5) is 0 Å². The van der Waals surface area contributed by atoms with E-state index in [0.717, 1.165) is 50.8 Å². The number of fused-ring (bicyclic) bond motifs is 4. The van der Waals surface area contributed by atoms with Crippen LogP contribution in [0.5, 0.6) is 5.75 Å². The summed E-state index contributed by atoms with van der Waals surface area (Å²) in [5, 5.41) is 0. The summed E-state index contributed by atoms with van der Waals surface area (Å²) in [6.45, 7) is 10.1. The van der Waals surface area contributed by atoms with Crippen LogP contribution in [0.3, 0.4) is 0 Å². The van der Waals surface area contributed by atoms with E-state index in [1.807, 2.05) is 0 Å². The third-order valence-electron chi connectivity index (χ3n) is 8.75. The van der Waals surface area contributed by atoms with Gasteiger partial charge in [-0.3, -0.25) is 4.79 Å². The first-order valence-corrected chi connectivity index (χ1v) is 11.2. The molecule has 1 aromatic rings. The standard InChI is InChI=1S/C25H37NO3/c1-16-13-18-14-22-24(2,3)25(4,20(18)15-21(16)29-6)11-12-26(22)23(27)17-7-9-19(28-5)10-8-17/h13,15,17,19,22H,7-12,14H2,1-6H3/t17?,19?,22?,25-/m0/s1. The second-order valence-electron chi connectivity index (χ2n) is 10.2.